The number of ketones is 2. The van der Waals surface area contributed by atoms with E-state index in [1.165, 1.54) is 0 Å². The Bertz CT molecular complexity index is 796. The molecule has 0 heterocycles. The van der Waals surface area contributed by atoms with Gasteiger partial charge >= 0.3 is 0 Å². The number of nitrogens with one attached hydrogen (secondary N) is 1. The Kier molecular flexibility index (Phi) is 3.53. The van der Waals surface area contributed by atoms with Crippen LogP contribution in [0.1, 0.15) is 20.7 Å². The van der Waals surface area contributed by atoms with Gasteiger partial charge in [0.05, 0.1) is 0 Å². The Hall–Kier alpha value is -2.10. The number of rotatable bonds is 2. The lowest BCUT2D eigenvalue weighted by atomic mass is 9.92. The normalized spacial score (nSPS) is 14.2. The fourth-order valence-electron chi connectivity index (χ4n) is 2.17. The fraction of sp³-hybridized carbons (Fsp3) is 0. The Morgan fingerprint density at radius 2 is 1.48 bits per heavy atom. The SMILES string of the molecule is O=C1C(Cl)=C(Nc2cccc(Cl)c2)C(=O)c2ccccc21. The van der Waals surface area contributed by atoms with Crippen molar-refractivity contribution >= 4 is 40.5 Å². The van der Waals surface area contributed by atoms with E-state index in [4.69, 9.17) is 23.2 Å². The number of carbonyl (C=O) groups excluding carboxylic acids is 2. The third kappa shape index (κ3) is 2.46. The first-order valence-electron chi connectivity index (χ1n) is 6.18. The van der Waals surface area contributed by atoms with Gasteiger partial charge in [0.2, 0.25) is 11.6 Å². The summed E-state index contributed by atoms with van der Waals surface area (Å²) in [5, 5.41) is 3.29. The van der Waals surface area contributed by atoms with Crippen LogP contribution in [0.15, 0.2) is 59.3 Å². The quantitative estimate of drug-likeness (QED) is 0.899. The molecule has 3 nitrogen and oxygen atoms in total. The molecule has 0 saturated heterocycles. The van der Waals surface area contributed by atoms with Crippen molar-refractivity contribution in [3.63, 3.8) is 0 Å². The average molecular weight is 318 g/mol. The molecule has 2 aromatic carbocycles. The fourth-order valence-corrected chi connectivity index (χ4v) is 2.59. The van der Waals surface area contributed by atoms with Gasteiger partial charge in [-0.2, -0.15) is 0 Å². The molecule has 0 radical (unpaired) electrons. The second-order valence-electron chi connectivity index (χ2n) is 4.53. The molecular weight excluding hydrogens is 309 g/mol. The average Bonchev–Trinajstić information content (AvgIpc) is 2.49. The highest BCUT2D eigenvalue weighted by atomic mass is 35.5. The largest absolute Gasteiger partial charge is 0.351 e. The third-order valence-corrected chi connectivity index (χ3v) is 3.75. The van der Waals surface area contributed by atoms with E-state index in [-0.39, 0.29) is 22.3 Å². The standard InChI is InChI=1S/C16H9Cl2NO2/c17-9-4-3-5-10(8-9)19-14-13(18)15(20)11-6-1-2-7-12(11)16(14)21/h1-8,19H. The predicted molar refractivity (Wildman–Crippen MR) is 83.1 cm³/mol. The highest BCUT2D eigenvalue weighted by molar-refractivity contribution is 6.50. The molecule has 3 rings (SSSR count). The number of benzene rings is 2. The zero-order chi connectivity index (χ0) is 15.0. The van der Waals surface area contributed by atoms with Crippen LogP contribution in [0.25, 0.3) is 0 Å². The number of hydrogen-bond acceptors (Lipinski definition) is 3. The monoisotopic (exact) mass is 317 g/mol. The molecule has 0 saturated carbocycles. The van der Waals surface area contributed by atoms with Crippen molar-refractivity contribution in [2.75, 3.05) is 5.32 Å². The zero-order valence-corrected chi connectivity index (χ0v) is 12.2. The number of anilines is 1. The first kappa shape index (κ1) is 13.9. The van der Waals surface area contributed by atoms with Gasteiger partial charge in [0.25, 0.3) is 0 Å². The smallest absolute Gasteiger partial charge is 0.211 e. The summed E-state index contributed by atoms with van der Waals surface area (Å²) in [7, 11) is 0. The van der Waals surface area contributed by atoms with Crippen LogP contribution in [-0.4, -0.2) is 11.6 Å². The number of hydrogen-bond donors (Lipinski definition) is 1. The molecule has 0 atom stereocenters. The first-order valence-corrected chi connectivity index (χ1v) is 6.94. The van der Waals surface area contributed by atoms with Gasteiger partial charge in [-0.1, -0.05) is 53.5 Å². The molecular formula is C16H9Cl2NO2. The molecule has 0 amide bonds. The number of Topliss-reactive ketones (excluding diaryl/α,β-unsaturated/α-hetero) is 2. The lowest BCUT2D eigenvalue weighted by Crippen LogP contribution is -2.24. The van der Waals surface area contributed by atoms with Crippen molar-refractivity contribution in [1.29, 1.82) is 0 Å². The number of carbonyl (C=O) groups is 2. The van der Waals surface area contributed by atoms with Crippen LogP contribution in [0.4, 0.5) is 5.69 Å². The minimum Gasteiger partial charge on any atom is -0.351 e. The van der Waals surface area contributed by atoms with Crippen molar-refractivity contribution < 1.29 is 9.59 Å². The minimum atomic E-state index is -0.364. The van der Waals surface area contributed by atoms with Crippen molar-refractivity contribution in [3.8, 4) is 0 Å². The molecule has 1 aliphatic carbocycles. The molecule has 1 N–H and O–H groups in total. The van der Waals surface area contributed by atoms with E-state index >= 15 is 0 Å². The van der Waals surface area contributed by atoms with Crippen LogP contribution in [-0.2, 0) is 0 Å². The molecule has 0 aliphatic heterocycles. The summed E-state index contributed by atoms with van der Waals surface area (Å²) in [5.74, 6) is -0.674. The number of halogens is 2. The summed E-state index contributed by atoms with van der Waals surface area (Å²) in [4.78, 5) is 24.7. The molecule has 1 aliphatic rings. The Morgan fingerprint density at radius 1 is 0.810 bits per heavy atom. The molecule has 5 heteroatoms. The second-order valence-corrected chi connectivity index (χ2v) is 5.34. The summed E-state index contributed by atoms with van der Waals surface area (Å²) in [6, 6.07) is 13.4. The Balaban J connectivity index is 2.05. The van der Waals surface area contributed by atoms with Crippen LogP contribution < -0.4 is 5.32 Å². The Labute approximate surface area is 131 Å². The minimum absolute atomic E-state index is 0.0719. The predicted octanol–water partition coefficient (Wildman–Crippen LogP) is 4.28. The molecule has 0 aromatic heterocycles. The highest BCUT2D eigenvalue weighted by Crippen LogP contribution is 2.29. The zero-order valence-electron chi connectivity index (χ0n) is 10.7. The summed E-state index contributed by atoms with van der Waals surface area (Å²) in [6.45, 7) is 0. The van der Waals surface area contributed by atoms with Crippen molar-refractivity contribution in [2.24, 2.45) is 0 Å². The molecule has 21 heavy (non-hydrogen) atoms. The third-order valence-electron chi connectivity index (χ3n) is 3.16. The van der Waals surface area contributed by atoms with Crippen molar-refractivity contribution in [3.05, 3.63) is 75.4 Å². The summed E-state index contributed by atoms with van der Waals surface area (Å²) >= 11 is 12.0. The van der Waals surface area contributed by atoms with E-state index in [0.717, 1.165) is 0 Å². The molecule has 0 unspecified atom stereocenters. The van der Waals surface area contributed by atoms with Crippen LogP contribution in [0.3, 0.4) is 0 Å². The van der Waals surface area contributed by atoms with Gasteiger partial charge in [0.15, 0.2) is 0 Å². The van der Waals surface area contributed by atoms with Crippen LogP contribution >= 0.6 is 23.2 Å². The van der Waals surface area contributed by atoms with Gasteiger partial charge in [-0.05, 0) is 18.2 Å². The summed E-state index contributed by atoms with van der Waals surface area (Å²) < 4.78 is 0. The molecule has 0 bridgehead atoms. The molecule has 104 valence electrons. The van der Waals surface area contributed by atoms with E-state index in [9.17, 15) is 9.59 Å². The van der Waals surface area contributed by atoms with Gasteiger partial charge in [0.1, 0.15) is 10.7 Å². The van der Waals surface area contributed by atoms with E-state index in [1.807, 2.05) is 0 Å². The summed E-state index contributed by atoms with van der Waals surface area (Å²) in [6.07, 6.45) is 0. The maximum Gasteiger partial charge on any atom is 0.211 e. The maximum atomic E-state index is 12.5. The topological polar surface area (TPSA) is 46.2 Å². The van der Waals surface area contributed by atoms with Gasteiger partial charge in [-0.25, -0.2) is 0 Å². The van der Waals surface area contributed by atoms with Crippen molar-refractivity contribution in [2.45, 2.75) is 0 Å². The number of fused-ring (bicyclic) bond motifs is 1. The molecule has 0 fully saturated rings. The van der Waals surface area contributed by atoms with Crippen LogP contribution in [0, 0.1) is 0 Å². The van der Waals surface area contributed by atoms with Gasteiger partial charge < -0.3 is 5.32 Å². The molecule has 2 aromatic rings. The van der Waals surface area contributed by atoms with Crippen LogP contribution in [0.5, 0.6) is 0 Å². The lowest BCUT2D eigenvalue weighted by Gasteiger charge is -2.18. The maximum absolute atomic E-state index is 12.5. The molecule has 0 spiro atoms. The van der Waals surface area contributed by atoms with Crippen molar-refractivity contribution in [1.82, 2.24) is 0 Å². The number of allylic oxidation sites excluding steroid dienone is 2. The first-order chi connectivity index (χ1) is 10.1. The van der Waals surface area contributed by atoms with Gasteiger partial charge in [0, 0.05) is 21.8 Å². The second kappa shape index (κ2) is 5.35. The Morgan fingerprint density at radius 3 is 2.14 bits per heavy atom. The van der Waals surface area contributed by atoms with E-state index < -0.39 is 0 Å². The van der Waals surface area contributed by atoms with E-state index in [0.29, 0.717) is 21.8 Å². The summed E-state index contributed by atoms with van der Waals surface area (Å²) in [5.41, 5.74) is 1.33. The highest BCUT2D eigenvalue weighted by Gasteiger charge is 2.31. The lowest BCUT2D eigenvalue weighted by molar-refractivity contribution is 0.0982. The van der Waals surface area contributed by atoms with E-state index in [2.05, 4.69) is 5.32 Å². The van der Waals surface area contributed by atoms with Crippen LogP contribution in [0.2, 0.25) is 5.02 Å². The van der Waals surface area contributed by atoms with E-state index in [1.54, 1.807) is 48.5 Å². The van der Waals surface area contributed by atoms with Gasteiger partial charge in [-0.15, -0.1) is 0 Å². The van der Waals surface area contributed by atoms with Gasteiger partial charge in [-0.3, -0.25) is 9.59 Å².